The molecule has 4 aliphatic carbocycles. The third kappa shape index (κ3) is 7.05. The molecular formula is C41H64O14. The van der Waals surface area contributed by atoms with Gasteiger partial charge in [0.05, 0.1) is 54.4 Å². The second-order valence-electron chi connectivity index (χ2n) is 18.9. The molecule has 8 aliphatic rings. The van der Waals surface area contributed by atoms with Crippen molar-refractivity contribution in [3.05, 3.63) is 11.6 Å². The molecule has 0 spiro atoms. The summed E-state index contributed by atoms with van der Waals surface area (Å²) in [6.07, 6.45) is -1.26. The lowest BCUT2D eigenvalue weighted by Crippen LogP contribution is -2.62. The van der Waals surface area contributed by atoms with Crippen molar-refractivity contribution in [2.24, 2.45) is 34.5 Å². The normalized spacial score (nSPS) is 55.5. The van der Waals surface area contributed by atoms with Crippen LogP contribution in [0.2, 0.25) is 0 Å². The smallest absolute Gasteiger partial charge is 0.331 e. The lowest BCUT2D eigenvalue weighted by molar-refractivity contribution is -0.336. The molecule has 6 N–H and O–H groups in total. The van der Waals surface area contributed by atoms with Crippen LogP contribution >= 0.6 is 0 Å². The lowest BCUT2D eigenvalue weighted by atomic mass is 9.43. The Morgan fingerprint density at radius 2 is 1.29 bits per heavy atom. The zero-order valence-electron chi connectivity index (χ0n) is 32.9. The minimum Gasteiger partial charge on any atom is -0.458 e. The van der Waals surface area contributed by atoms with E-state index in [-0.39, 0.29) is 55.2 Å². The molecule has 0 aromatic carbocycles. The fraction of sp³-hybridized carbons (Fsp3) is 0.927. The van der Waals surface area contributed by atoms with Crippen LogP contribution in [0.1, 0.15) is 105 Å². The van der Waals surface area contributed by atoms with Crippen LogP contribution in [0.15, 0.2) is 11.6 Å². The van der Waals surface area contributed by atoms with Crippen molar-refractivity contribution in [3.63, 3.8) is 0 Å². The van der Waals surface area contributed by atoms with E-state index in [0.717, 1.165) is 50.5 Å². The van der Waals surface area contributed by atoms with Crippen molar-refractivity contribution in [1.29, 1.82) is 0 Å². The first-order valence-electron chi connectivity index (χ1n) is 20.9. The van der Waals surface area contributed by atoms with Gasteiger partial charge in [0.15, 0.2) is 18.9 Å². The van der Waals surface area contributed by atoms with Crippen molar-refractivity contribution in [1.82, 2.24) is 0 Å². The molecule has 0 unspecified atom stereocenters. The van der Waals surface area contributed by atoms with E-state index in [2.05, 4.69) is 13.8 Å². The summed E-state index contributed by atoms with van der Waals surface area (Å²) < 4.78 is 42.1. The van der Waals surface area contributed by atoms with E-state index in [1.165, 1.54) is 6.08 Å². The SMILES string of the molecule is C[C@H]1O[C@@H](O[C@H]2[C@@H](O)C[C@H](O[C@H]3[C@@H](O)C[C@H](O[C@H]4CC[C@@]5(C)[C@@H](CC[C@@H]6[C@@H]5CC[C@]5(C)[C@@H](C7=CC(=O)OC7)[C@@H](O)C[C@]65O)C4)O[C@@H]3C)O[C@@H]2C)C[C@H](O)[C@@H]1O. The number of carbonyl (C=O) groups is 1. The summed E-state index contributed by atoms with van der Waals surface area (Å²) in [5.41, 5.74) is -0.686. The molecule has 4 saturated carbocycles. The van der Waals surface area contributed by atoms with Crippen LogP contribution in [-0.2, 0) is 38.0 Å². The molecule has 55 heavy (non-hydrogen) atoms. The fourth-order valence-electron chi connectivity index (χ4n) is 12.9. The molecule has 7 fully saturated rings. The number of aliphatic hydroxyl groups is 6. The summed E-state index contributed by atoms with van der Waals surface area (Å²) in [5.74, 6) is 0.174. The highest BCUT2D eigenvalue weighted by Crippen LogP contribution is 2.70. The Labute approximate surface area is 323 Å². The van der Waals surface area contributed by atoms with Gasteiger partial charge < -0.3 is 63.8 Å². The first kappa shape index (κ1) is 40.5. The predicted molar refractivity (Wildman–Crippen MR) is 193 cm³/mol. The Morgan fingerprint density at radius 1 is 0.691 bits per heavy atom. The van der Waals surface area contributed by atoms with Gasteiger partial charge in [0, 0.05) is 43.1 Å². The molecule has 21 atom stereocenters. The highest BCUT2D eigenvalue weighted by atomic mass is 16.7. The van der Waals surface area contributed by atoms with Crippen LogP contribution in [0, 0.1) is 34.5 Å². The first-order chi connectivity index (χ1) is 26.0. The molecule has 4 aliphatic heterocycles. The van der Waals surface area contributed by atoms with E-state index in [1.54, 1.807) is 13.8 Å². The summed E-state index contributed by atoms with van der Waals surface area (Å²) in [6.45, 7) is 9.98. The van der Waals surface area contributed by atoms with E-state index < -0.39 is 90.9 Å². The summed E-state index contributed by atoms with van der Waals surface area (Å²) in [6, 6.07) is 0. The maximum absolute atomic E-state index is 12.6. The van der Waals surface area contributed by atoms with Gasteiger partial charge >= 0.3 is 5.97 Å². The lowest BCUT2D eigenvalue weighted by Gasteiger charge is -2.63. The second kappa shape index (κ2) is 15.1. The van der Waals surface area contributed by atoms with E-state index in [9.17, 15) is 35.4 Å². The molecule has 8 rings (SSSR count). The van der Waals surface area contributed by atoms with Gasteiger partial charge in [-0.15, -0.1) is 0 Å². The third-order valence-corrected chi connectivity index (χ3v) is 15.8. The Bertz CT molecular complexity index is 1410. The highest BCUT2D eigenvalue weighted by molar-refractivity contribution is 5.85. The largest absolute Gasteiger partial charge is 0.458 e. The minimum absolute atomic E-state index is 0.0203. The number of esters is 1. The van der Waals surface area contributed by atoms with Crippen molar-refractivity contribution >= 4 is 5.97 Å². The van der Waals surface area contributed by atoms with Gasteiger partial charge in [-0.05, 0) is 94.5 Å². The highest BCUT2D eigenvalue weighted by Gasteiger charge is 2.70. The minimum atomic E-state index is -1.01. The number of ether oxygens (including phenoxy) is 7. The van der Waals surface area contributed by atoms with E-state index in [0.29, 0.717) is 18.3 Å². The Morgan fingerprint density at radius 3 is 1.87 bits per heavy atom. The van der Waals surface area contributed by atoms with E-state index in [4.69, 9.17) is 33.2 Å². The maximum atomic E-state index is 12.6. The third-order valence-electron chi connectivity index (χ3n) is 15.8. The number of fused-ring (bicyclic) bond motifs is 5. The van der Waals surface area contributed by atoms with Gasteiger partial charge in [0.1, 0.15) is 24.9 Å². The zero-order chi connectivity index (χ0) is 39.2. The number of aliphatic hydroxyl groups excluding tert-OH is 5. The molecule has 3 saturated heterocycles. The molecule has 14 heteroatoms. The van der Waals surface area contributed by atoms with Crippen LogP contribution < -0.4 is 0 Å². The van der Waals surface area contributed by atoms with Crippen LogP contribution in [0.4, 0.5) is 0 Å². The van der Waals surface area contributed by atoms with E-state index in [1.807, 2.05) is 6.92 Å². The van der Waals surface area contributed by atoms with E-state index >= 15 is 0 Å². The standard InChI is InChI=1S/C41H64O14/c1-19-36(47)27(42)14-33(50-19)54-38-21(3)52-34(16-29(38)44)55-37-20(2)51-32(15-28(37)43)53-24-8-10-39(4)23(13-24)6-7-26-25(39)9-11-40(5)35(22-12-31(46)49-18-22)30(45)17-41(26,40)48/h12,19-21,23-30,32-38,42-45,47-48H,6-11,13-18H2,1-5H3/t19-,20-,21-,23+,24+,25+,26-,27+,28+,29+,30+,32+,33+,34+,35+,36-,37-,38-,39+,40-,41+/m1/s1. The molecule has 0 aromatic rings. The average molecular weight is 781 g/mol. The summed E-state index contributed by atoms with van der Waals surface area (Å²) in [5, 5.41) is 66.3. The predicted octanol–water partition coefficient (Wildman–Crippen LogP) is 2.22. The number of rotatable bonds is 7. The van der Waals surface area contributed by atoms with Crippen LogP contribution in [0.25, 0.3) is 0 Å². The topological polar surface area (TPSA) is 203 Å². The Balaban J connectivity index is 0.834. The van der Waals surface area contributed by atoms with Crippen molar-refractivity contribution < 1.29 is 68.6 Å². The van der Waals surface area contributed by atoms with Crippen LogP contribution in [-0.4, -0.2) is 135 Å². The molecule has 0 aromatic heterocycles. The Hall–Kier alpha value is -1.27. The van der Waals surface area contributed by atoms with Crippen molar-refractivity contribution in [2.75, 3.05) is 6.61 Å². The number of hydrogen-bond donors (Lipinski definition) is 6. The van der Waals surface area contributed by atoms with Crippen LogP contribution in [0.3, 0.4) is 0 Å². The molecule has 0 radical (unpaired) electrons. The van der Waals surface area contributed by atoms with Crippen LogP contribution in [0.5, 0.6) is 0 Å². The number of carbonyl (C=O) groups excluding carboxylic acids is 1. The summed E-state index contributed by atoms with van der Waals surface area (Å²) in [7, 11) is 0. The molecule has 0 bridgehead atoms. The van der Waals surface area contributed by atoms with Gasteiger partial charge in [-0.2, -0.15) is 0 Å². The van der Waals surface area contributed by atoms with Gasteiger partial charge in [0.25, 0.3) is 0 Å². The molecule has 0 amide bonds. The summed E-state index contributed by atoms with van der Waals surface area (Å²) in [4.78, 5) is 12.0. The first-order valence-corrected chi connectivity index (χ1v) is 20.9. The molecular weight excluding hydrogens is 716 g/mol. The Kier molecular flexibility index (Phi) is 11.1. The molecule has 4 heterocycles. The quantitative estimate of drug-likeness (QED) is 0.162. The molecule has 312 valence electrons. The average Bonchev–Trinajstić information content (AvgIpc) is 3.62. The van der Waals surface area contributed by atoms with Crippen molar-refractivity contribution in [3.8, 4) is 0 Å². The monoisotopic (exact) mass is 780 g/mol. The summed E-state index contributed by atoms with van der Waals surface area (Å²) >= 11 is 0. The second-order valence-corrected chi connectivity index (χ2v) is 18.9. The zero-order valence-corrected chi connectivity index (χ0v) is 32.9. The fourth-order valence-corrected chi connectivity index (χ4v) is 12.9. The number of cyclic esters (lactones) is 1. The number of hydrogen-bond acceptors (Lipinski definition) is 14. The molecule has 14 nitrogen and oxygen atoms in total. The van der Waals surface area contributed by atoms with Gasteiger partial charge in [-0.1, -0.05) is 13.8 Å². The van der Waals surface area contributed by atoms with Gasteiger partial charge in [-0.3, -0.25) is 0 Å². The van der Waals surface area contributed by atoms with Gasteiger partial charge in [-0.25, -0.2) is 4.79 Å². The van der Waals surface area contributed by atoms with Gasteiger partial charge in [0.2, 0.25) is 0 Å². The maximum Gasteiger partial charge on any atom is 0.331 e. The van der Waals surface area contributed by atoms with Crippen molar-refractivity contribution in [2.45, 2.75) is 197 Å².